The number of benzene rings is 1. The lowest BCUT2D eigenvalue weighted by Gasteiger charge is -2.25. The van der Waals surface area contributed by atoms with E-state index in [4.69, 9.17) is 0 Å². The maximum absolute atomic E-state index is 12.1. The summed E-state index contributed by atoms with van der Waals surface area (Å²) in [6, 6.07) is 10.4. The lowest BCUT2D eigenvalue weighted by Crippen LogP contribution is -2.35. The Labute approximate surface area is 141 Å². The molecular weight excluding hydrogens is 308 g/mol. The summed E-state index contributed by atoms with van der Waals surface area (Å²) in [5.41, 5.74) is 3.15. The molecule has 1 aromatic carbocycles. The molecule has 1 heterocycles. The number of aryl methyl sites for hydroxylation is 2. The van der Waals surface area contributed by atoms with Crippen LogP contribution in [0.4, 0.5) is 0 Å². The number of thioether (sulfide) groups is 1. The van der Waals surface area contributed by atoms with E-state index in [-0.39, 0.29) is 11.9 Å². The van der Waals surface area contributed by atoms with Crippen LogP contribution in [0.15, 0.2) is 35.2 Å². The quantitative estimate of drug-likeness (QED) is 0.765. The van der Waals surface area contributed by atoms with E-state index in [1.165, 1.54) is 17.3 Å². The lowest BCUT2D eigenvalue weighted by molar-refractivity contribution is -0.118. The van der Waals surface area contributed by atoms with Gasteiger partial charge in [0.05, 0.1) is 22.4 Å². The zero-order valence-corrected chi connectivity index (χ0v) is 14.9. The average molecular weight is 332 g/mol. The number of carbonyl (C=O) groups is 1. The summed E-state index contributed by atoms with van der Waals surface area (Å²) >= 11 is 1.52. The van der Waals surface area contributed by atoms with Gasteiger partial charge in [-0.1, -0.05) is 30.3 Å². The van der Waals surface area contributed by atoms with Crippen LogP contribution in [0.3, 0.4) is 0 Å². The molecule has 0 aliphatic carbocycles. The van der Waals surface area contributed by atoms with Crippen LogP contribution >= 0.6 is 11.8 Å². The van der Waals surface area contributed by atoms with E-state index < -0.39 is 0 Å². The molecule has 1 amide bonds. The summed E-state index contributed by atoms with van der Waals surface area (Å²) in [6.45, 7) is 4.51. The van der Waals surface area contributed by atoms with Crippen molar-refractivity contribution in [1.82, 2.24) is 20.4 Å². The van der Waals surface area contributed by atoms with Crippen molar-refractivity contribution in [3.63, 3.8) is 0 Å². The first-order chi connectivity index (χ1) is 11.0. The highest BCUT2D eigenvalue weighted by molar-refractivity contribution is 8.00. The van der Waals surface area contributed by atoms with Crippen molar-refractivity contribution in [2.24, 2.45) is 0 Å². The molecule has 5 nitrogen and oxygen atoms in total. The number of hydrogen-bond acceptors (Lipinski definition) is 4. The standard InChI is InChI=1S/C17H24N4OS/c1-12-17(13(2)20-19-12)23-11-16(22)18-10-15(21(3)4)14-8-6-5-7-9-14/h5-9,15H,10-11H2,1-4H3,(H,18,22)(H,19,20)/t15-/m1/s1. The molecule has 2 rings (SSSR count). The Morgan fingerprint density at radius 2 is 2.00 bits per heavy atom. The number of rotatable bonds is 7. The molecule has 0 saturated heterocycles. The van der Waals surface area contributed by atoms with E-state index in [0.717, 1.165) is 16.3 Å². The van der Waals surface area contributed by atoms with E-state index in [1.54, 1.807) is 0 Å². The van der Waals surface area contributed by atoms with E-state index in [0.29, 0.717) is 12.3 Å². The van der Waals surface area contributed by atoms with Gasteiger partial charge in [-0.05, 0) is 33.5 Å². The second kappa shape index (κ2) is 8.17. The molecule has 2 N–H and O–H groups in total. The number of aromatic nitrogens is 2. The first-order valence-corrected chi connectivity index (χ1v) is 8.60. The molecule has 0 aliphatic rings. The highest BCUT2D eigenvalue weighted by atomic mass is 32.2. The molecule has 0 bridgehead atoms. The molecule has 0 radical (unpaired) electrons. The highest BCUT2D eigenvalue weighted by Crippen LogP contribution is 2.23. The number of hydrogen-bond donors (Lipinski definition) is 2. The highest BCUT2D eigenvalue weighted by Gasteiger charge is 2.15. The number of likely N-dealkylation sites (N-methyl/N-ethyl adjacent to an activating group) is 1. The number of nitrogens with one attached hydrogen (secondary N) is 2. The summed E-state index contributed by atoms with van der Waals surface area (Å²) in [5.74, 6) is 0.439. The molecule has 0 fully saturated rings. The molecule has 0 unspecified atom stereocenters. The Hall–Kier alpha value is -1.79. The first kappa shape index (κ1) is 17.6. The molecule has 0 saturated carbocycles. The Morgan fingerprint density at radius 3 is 2.57 bits per heavy atom. The molecule has 0 spiro atoms. The van der Waals surface area contributed by atoms with Crippen LogP contribution in [-0.4, -0.2) is 47.4 Å². The van der Waals surface area contributed by atoms with Crippen molar-refractivity contribution in [3.8, 4) is 0 Å². The molecule has 6 heteroatoms. The second-order valence-corrected chi connectivity index (χ2v) is 6.73. The second-order valence-electron chi connectivity index (χ2n) is 5.75. The zero-order chi connectivity index (χ0) is 16.8. The Bertz CT molecular complexity index is 620. The monoisotopic (exact) mass is 332 g/mol. The summed E-state index contributed by atoms with van der Waals surface area (Å²) in [6.07, 6.45) is 0. The van der Waals surface area contributed by atoms with E-state index >= 15 is 0 Å². The van der Waals surface area contributed by atoms with E-state index in [9.17, 15) is 4.79 Å². The van der Waals surface area contributed by atoms with Gasteiger partial charge in [-0.2, -0.15) is 5.10 Å². The van der Waals surface area contributed by atoms with Crippen LogP contribution in [0, 0.1) is 13.8 Å². The molecular formula is C17H24N4OS. The van der Waals surface area contributed by atoms with Crippen LogP contribution in [0.25, 0.3) is 0 Å². The fraction of sp³-hybridized carbons (Fsp3) is 0.412. The Kier molecular flexibility index (Phi) is 6.24. The third-order valence-electron chi connectivity index (χ3n) is 3.71. The Morgan fingerprint density at radius 1 is 1.30 bits per heavy atom. The number of carbonyl (C=O) groups excluding carboxylic acids is 1. The topological polar surface area (TPSA) is 61.0 Å². The summed E-state index contributed by atoms with van der Waals surface area (Å²) in [5, 5.41) is 10.1. The first-order valence-electron chi connectivity index (χ1n) is 7.61. The number of amides is 1. The van der Waals surface area contributed by atoms with Gasteiger partial charge in [0, 0.05) is 12.2 Å². The van der Waals surface area contributed by atoms with Crippen molar-refractivity contribution in [3.05, 3.63) is 47.3 Å². The van der Waals surface area contributed by atoms with Crippen LogP contribution < -0.4 is 5.32 Å². The van der Waals surface area contributed by atoms with Gasteiger partial charge in [0.1, 0.15) is 0 Å². The van der Waals surface area contributed by atoms with Crippen molar-refractivity contribution in [1.29, 1.82) is 0 Å². The largest absolute Gasteiger partial charge is 0.353 e. The smallest absolute Gasteiger partial charge is 0.230 e. The minimum absolute atomic E-state index is 0.0396. The fourth-order valence-corrected chi connectivity index (χ4v) is 3.32. The summed E-state index contributed by atoms with van der Waals surface area (Å²) < 4.78 is 0. The zero-order valence-electron chi connectivity index (χ0n) is 14.1. The van der Waals surface area contributed by atoms with Gasteiger partial charge in [-0.15, -0.1) is 11.8 Å². The van der Waals surface area contributed by atoms with E-state index in [1.807, 2.05) is 46.1 Å². The predicted octanol–water partition coefficient (Wildman–Crippen LogP) is 2.54. The SMILES string of the molecule is Cc1n[nH]c(C)c1SCC(=O)NC[C@H](c1ccccc1)N(C)C. The Balaban J connectivity index is 1.87. The number of H-pyrrole nitrogens is 1. The van der Waals surface area contributed by atoms with Crippen molar-refractivity contribution >= 4 is 17.7 Å². The predicted molar refractivity (Wildman–Crippen MR) is 94.7 cm³/mol. The minimum atomic E-state index is 0.0396. The third-order valence-corrected chi connectivity index (χ3v) is 5.01. The van der Waals surface area contributed by atoms with Crippen LogP contribution in [-0.2, 0) is 4.79 Å². The molecule has 23 heavy (non-hydrogen) atoms. The van der Waals surface area contributed by atoms with Crippen molar-refractivity contribution in [2.75, 3.05) is 26.4 Å². The van der Waals surface area contributed by atoms with Gasteiger partial charge in [-0.25, -0.2) is 0 Å². The maximum atomic E-state index is 12.1. The molecule has 0 aliphatic heterocycles. The number of aromatic amines is 1. The maximum Gasteiger partial charge on any atom is 0.230 e. The van der Waals surface area contributed by atoms with Gasteiger partial charge < -0.3 is 10.2 Å². The van der Waals surface area contributed by atoms with E-state index in [2.05, 4.69) is 32.5 Å². The van der Waals surface area contributed by atoms with Gasteiger partial charge in [0.2, 0.25) is 5.91 Å². The van der Waals surface area contributed by atoms with Gasteiger partial charge in [-0.3, -0.25) is 9.89 Å². The lowest BCUT2D eigenvalue weighted by atomic mass is 10.1. The molecule has 1 atom stereocenters. The van der Waals surface area contributed by atoms with Crippen molar-refractivity contribution in [2.45, 2.75) is 24.8 Å². The van der Waals surface area contributed by atoms with Crippen LogP contribution in [0.2, 0.25) is 0 Å². The molecule has 124 valence electrons. The third kappa shape index (κ3) is 4.84. The van der Waals surface area contributed by atoms with Crippen molar-refractivity contribution < 1.29 is 4.79 Å². The summed E-state index contributed by atoms with van der Waals surface area (Å²) in [7, 11) is 4.05. The fourth-order valence-electron chi connectivity index (χ4n) is 2.43. The van der Waals surface area contributed by atoms with Gasteiger partial charge >= 0.3 is 0 Å². The van der Waals surface area contributed by atoms with Crippen LogP contribution in [0.1, 0.15) is 23.0 Å². The van der Waals surface area contributed by atoms with Gasteiger partial charge in [0.15, 0.2) is 0 Å². The average Bonchev–Trinajstić information content (AvgIpc) is 2.85. The molecule has 1 aromatic heterocycles. The van der Waals surface area contributed by atoms with Crippen LogP contribution in [0.5, 0.6) is 0 Å². The number of nitrogens with zero attached hydrogens (tertiary/aromatic N) is 2. The van der Waals surface area contributed by atoms with Gasteiger partial charge in [0.25, 0.3) is 0 Å². The molecule has 2 aromatic rings. The normalized spacial score (nSPS) is 12.4. The summed E-state index contributed by atoms with van der Waals surface area (Å²) in [4.78, 5) is 15.3. The minimum Gasteiger partial charge on any atom is -0.353 e.